The summed E-state index contributed by atoms with van der Waals surface area (Å²) in [6, 6.07) is 6.67. The Kier molecular flexibility index (Phi) is 6.06. The molecule has 10 heteroatoms. The van der Waals surface area contributed by atoms with Gasteiger partial charge in [0.2, 0.25) is 0 Å². The fourth-order valence-corrected chi connectivity index (χ4v) is 3.16. The summed E-state index contributed by atoms with van der Waals surface area (Å²) in [5.74, 6) is -5.15. The average molecular weight is 481 g/mol. The first-order valence-corrected chi connectivity index (χ1v) is 9.56. The van der Waals surface area contributed by atoms with E-state index in [4.69, 9.17) is 0 Å². The Labute approximate surface area is 177 Å². The highest BCUT2D eigenvalue weighted by Crippen LogP contribution is 2.32. The number of amides is 1. The summed E-state index contributed by atoms with van der Waals surface area (Å²) >= 11 is 3.24. The second kappa shape index (κ2) is 8.39. The number of benzene rings is 1. The summed E-state index contributed by atoms with van der Waals surface area (Å²) in [6.07, 6.45) is 2.92. The zero-order valence-corrected chi connectivity index (χ0v) is 17.5. The van der Waals surface area contributed by atoms with Crippen LogP contribution in [0.5, 0.6) is 0 Å². The molecule has 1 amide bonds. The highest BCUT2D eigenvalue weighted by molar-refractivity contribution is 9.10. The van der Waals surface area contributed by atoms with Gasteiger partial charge >= 0.3 is 0 Å². The topological polar surface area (TPSA) is 76.9 Å². The molecule has 156 valence electrons. The first-order valence-electron chi connectivity index (χ1n) is 8.77. The van der Waals surface area contributed by atoms with Crippen LogP contribution in [0.2, 0.25) is 0 Å². The Bertz CT molecular complexity index is 1160. The molecule has 0 fully saturated rings. The van der Waals surface area contributed by atoms with Crippen LogP contribution >= 0.6 is 15.9 Å². The molecule has 3 rings (SSSR count). The first-order chi connectivity index (χ1) is 14.1. The first kappa shape index (κ1) is 21.7. The van der Waals surface area contributed by atoms with Crippen LogP contribution in [0.15, 0.2) is 58.1 Å². The molecule has 0 aliphatic heterocycles. The number of rotatable bonds is 5. The summed E-state index contributed by atoms with van der Waals surface area (Å²) in [5, 5.41) is 6.54. The van der Waals surface area contributed by atoms with Crippen molar-refractivity contribution in [3.63, 3.8) is 0 Å². The van der Waals surface area contributed by atoms with Gasteiger partial charge in [0.15, 0.2) is 0 Å². The van der Waals surface area contributed by atoms with Gasteiger partial charge in [0.05, 0.1) is 23.5 Å². The molecule has 0 saturated heterocycles. The van der Waals surface area contributed by atoms with Crippen LogP contribution in [0.3, 0.4) is 0 Å². The third-order valence-corrected chi connectivity index (χ3v) is 4.72. The predicted octanol–water partition coefficient (Wildman–Crippen LogP) is 4.13. The molecule has 1 atom stereocenters. The van der Waals surface area contributed by atoms with Crippen LogP contribution in [0, 0.1) is 5.82 Å². The molecule has 0 saturated carbocycles. The van der Waals surface area contributed by atoms with E-state index in [1.54, 1.807) is 6.07 Å². The quantitative estimate of drug-likeness (QED) is 0.595. The minimum atomic E-state index is -3.36. The van der Waals surface area contributed by atoms with Crippen LogP contribution in [-0.4, -0.2) is 20.7 Å². The second-order valence-electron chi connectivity index (χ2n) is 6.62. The van der Waals surface area contributed by atoms with Crippen molar-refractivity contribution in [2.45, 2.75) is 25.8 Å². The molecular formula is C20H16BrF3N4O2. The molecule has 1 aromatic carbocycles. The molecule has 0 spiro atoms. The van der Waals surface area contributed by atoms with Crippen LogP contribution in [-0.2, 0) is 5.92 Å². The Morgan fingerprint density at radius 3 is 2.63 bits per heavy atom. The van der Waals surface area contributed by atoms with Gasteiger partial charge < -0.3 is 5.32 Å². The molecule has 30 heavy (non-hydrogen) atoms. The molecule has 1 N–H and O–H groups in total. The van der Waals surface area contributed by atoms with E-state index in [-0.39, 0.29) is 11.3 Å². The molecule has 2 heterocycles. The van der Waals surface area contributed by atoms with E-state index in [9.17, 15) is 22.8 Å². The molecule has 0 aliphatic rings. The fourth-order valence-electron chi connectivity index (χ4n) is 2.81. The van der Waals surface area contributed by atoms with Gasteiger partial charge in [-0.1, -0.05) is 18.2 Å². The zero-order chi connectivity index (χ0) is 22.1. The summed E-state index contributed by atoms with van der Waals surface area (Å²) < 4.78 is 43.3. The smallest absolute Gasteiger partial charge is 0.273 e. The predicted molar refractivity (Wildman–Crippen MR) is 107 cm³/mol. The molecule has 0 radical (unpaired) electrons. The van der Waals surface area contributed by atoms with Crippen LogP contribution in [0.25, 0.3) is 5.69 Å². The third kappa shape index (κ3) is 4.59. The lowest BCUT2D eigenvalue weighted by Gasteiger charge is -2.19. The van der Waals surface area contributed by atoms with Crippen molar-refractivity contribution < 1.29 is 18.0 Å². The molecule has 2 aromatic heterocycles. The van der Waals surface area contributed by atoms with E-state index in [1.165, 1.54) is 37.5 Å². The number of halogens is 4. The van der Waals surface area contributed by atoms with E-state index in [0.717, 1.165) is 16.8 Å². The number of pyridine rings is 1. The third-order valence-electron chi connectivity index (χ3n) is 4.28. The van der Waals surface area contributed by atoms with E-state index >= 15 is 0 Å². The highest BCUT2D eigenvalue weighted by Gasteiger charge is 2.30. The number of nitrogens with zero attached hydrogens (tertiary/aromatic N) is 3. The van der Waals surface area contributed by atoms with Gasteiger partial charge in [0.1, 0.15) is 11.5 Å². The number of aromatic nitrogens is 3. The lowest BCUT2D eigenvalue weighted by atomic mass is 10.0. The van der Waals surface area contributed by atoms with Crippen molar-refractivity contribution in [3.8, 4) is 5.69 Å². The average Bonchev–Trinajstić information content (AvgIpc) is 2.67. The van der Waals surface area contributed by atoms with Gasteiger partial charge in [0.25, 0.3) is 17.4 Å². The molecule has 0 bridgehead atoms. The second-order valence-corrected chi connectivity index (χ2v) is 7.54. The number of hydrogen-bond donors (Lipinski definition) is 1. The van der Waals surface area contributed by atoms with Gasteiger partial charge in [-0.3, -0.25) is 14.6 Å². The maximum absolute atomic E-state index is 14.5. The lowest BCUT2D eigenvalue weighted by Crippen LogP contribution is -2.31. The summed E-state index contributed by atoms with van der Waals surface area (Å²) in [5.41, 5.74) is -1.11. The minimum Gasteiger partial charge on any atom is -0.344 e. The fraction of sp³-hybridized carbons (Fsp3) is 0.200. The van der Waals surface area contributed by atoms with Crippen molar-refractivity contribution >= 4 is 21.8 Å². The van der Waals surface area contributed by atoms with E-state index in [2.05, 4.69) is 31.3 Å². The lowest BCUT2D eigenvalue weighted by molar-refractivity contribution is 0.0135. The van der Waals surface area contributed by atoms with Crippen molar-refractivity contribution in [3.05, 3.63) is 86.3 Å². The molecule has 0 unspecified atom stereocenters. The number of hydrogen-bond acceptors (Lipinski definition) is 4. The maximum Gasteiger partial charge on any atom is 0.273 e. The van der Waals surface area contributed by atoms with Gasteiger partial charge in [0, 0.05) is 29.2 Å². The summed E-state index contributed by atoms with van der Waals surface area (Å²) in [7, 11) is 0. The number of carbonyl (C=O) groups is 1. The Morgan fingerprint density at radius 2 is 1.97 bits per heavy atom. The summed E-state index contributed by atoms with van der Waals surface area (Å²) in [6.45, 7) is 2.06. The van der Waals surface area contributed by atoms with Gasteiger partial charge in [-0.2, -0.15) is 9.78 Å². The number of nitrogens with one attached hydrogen (secondary N) is 1. The molecule has 6 nitrogen and oxygen atoms in total. The maximum atomic E-state index is 14.5. The minimum absolute atomic E-state index is 0.0908. The van der Waals surface area contributed by atoms with E-state index < -0.39 is 34.8 Å². The van der Waals surface area contributed by atoms with Crippen LogP contribution < -0.4 is 10.9 Å². The van der Waals surface area contributed by atoms with Gasteiger partial charge in [-0.15, -0.1) is 0 Å². The molecule has 0 aliphatic carbocycles. The van der Waals surface area contributed by atoms with Gasteiger partial charge in [-0.25, -0.2) is 13.2 Å². The standard InChI is InChI=1S/C20H16BrF3N4O2/c1-11(14-4-3-5-15(18(14)22)20(2,23)24)26-19(30)16-6-7-17(29)28(27-16)13-8-12(21)9-25-10-13/h3-11H,1-2H3,(H,26,30)/t11-/m1/s1. The molecule has 3 aromatic rings. The van der Waals surface area contributed by atoms with Crippen molar-refractivity contribution in [1.29, 1.82) is 0 Å². The Balaban J connectivity index is 1.88. The van der Waals surface area contributed by atoms with E-state index in [0.29, 0.717) is 17.1 Å². The van der Waals surface area contributed by atoms with Crippen molar-refractivity contribution in [2.24, 2.45) is 0 Å². The summed E-state index contributed by atoms with van der Waals surface area (Å²) in [4.78, 5) is 28.7. The largest absolute Gasteiger partial charge is 0.344 e. The zero-order valence-electron chi connectivity index (χ0n) is 15.9. The van der Waals surface area contributed by atoms with Crippen LogP contribution in [0.1, 0.15) is 41.5 Å². The van der Waals surface area contributed by atoms with Gasteiger partial charge in [-0.05, 0) is 35.0 Å². The van der Waals surface area contributed by atoms with Crippen molar-refractivity contribution in [2.75, 3.05) is 0 Å². The number of alkyl halides is 2. The monoisotopic (exact) mass is 480 g/mol. The highest BCUT2D eigenvalue weighted by atomic mass is 79.9. The van der Waals surface area contributed by atoms with Crippen LogP contribution in [0.4, 0.5) is 13.2 Å². The molecular weight excluding hydrogens is 465 g/mol. The van der Waals surface area contributed by atoms with Crippen molar-refractivity contribution in [1.82, 2.24) is 20.1 Å². The normalized spacial score (nSPS) is 12.5. The Hall–Kier alpha value is -3.01. The van der Waals surface area contributed by atoms with E-state index in [1.807, 2.05) is 0 Å². The Morgan fingerprint density at radius 1 is 1.23 bits per heavy atom. The SMILES string of the molecule is C[C@@H](NC(=O)c1ccc(=O)n(-c2cncc(Br)c2)n1)c1cccc(C(C)(F)F)c1F. The number of carbonyl (C=O) groups excluding carboxylic acids is 1.